The van der Waals surface area contributed by atoms with Crippen LogP contribution in [0.3, 0.4) is 0 Å². The standard InChI is InChI=1S/C18H21F3N5O4PS/c1-11(30-10-31(27,28)8-18(19,20)21)7-26-9-23-14-15(26)24-17(22)25-16(14)32-13-5-3-4-12(6-13)29-2/h3-6,9,11H,7-8,10H2,1-2H3,(H,27,28)(H2,22,24,25). The van der Waals surface area contributed by atoms with Gasteiger partial charge in [-0.2, -0.15) is 18.2 Å². The molecule has 0 saturated heterocycles. The third-order valence-corrected chi connectivity index (χ3v) is 6.52. The van der Waals surface area contributed by atoms with Crippen molar-refractivity contribution in [1.29, 1.82) is 0 Å². The number of nitrogens with zero attached hydrogens (tertiary/aromatic N) is 4. The fourth-order valence-corrected chi connectivity index (χ4v) is 4.88. The average Bonchev–Trinajstić information content (AvgIpc) is 3.07. The number of rotatable bonds is 9. The number of hydrogen-bond donors (Lipinski definition) is 2. The SMILES string of the molecule is COc1cccc(Sc2nc(N)nc3c2ncn3CC(C)OCP(=O)(O)CC(F)(F)F)c1. The number of methoxy groups -OCH3 is 1. The molecule has 2 atom stereocenters. The highest BCUT2D eigenvalue weighted by Crippen LogP contribution is 2.45. The van der Waals surface area contributed by atoms with Gasteiger partial charge in [0.2, 0.25) is 13.3 Å². The van der Waals surface area contributed by atoms with Crippen LogP contribution in [-0.2, 0) is 15.8 Å². The topological polar surface area (TPSA) is 125 Å². The van der Waals surface area contributed by atoms with Gasteiger partial charge < -0.3 is 24.7 Å². The van der Waals surface area contributed by atoms with Crippen molar-refractivity contribution < 1.29 is 32.1 Å². The molecular formula is C18H21F3N5O4PS. The first-order valence-corrected chi connectivity index (χ1v) is 12.1. The highest BCUT2D eigenvalue weighted by molar-refractivity contribution is 7.99. The quantitative estimate of drug-likeness (QED) is 0.340. The molecule has 0 aliphatic heterocycles. The summed E-state index contributed by atoms with van der Waals surface area (Å²) >= 11 is 1.32. The Balaban J connectivity index is 1.75. The number of halogens is 3. The van der Waals surface area contributed by atoms with E-state index in [0.717, 1.165) is 4.90 Å². The van der Waals surface area contributed by atoms with E-state index >= 15 is 0 Å². The van der Waals surface area contributed by atoms with Gasteiger partial charge in [0.1, 0.15) is 28.8 Å². The molecule has 2 aromatic heterocycles. The summed E-state index contributed by atoms with van der Waals surface area (Å²) in [5.41, 5.74) is 6.74. The van der Waals surface area contributed by atoms with Crippen molar-refractivity contribution >= 4 is 36.2 Å². The molecule has 0 amide bonds. The predicted molar refractivity (Wildman–Crippen MR) is 113 cm³/mol. The maximum absolute atomic E-state index is 12.4. The number of nitrogen functional groups attached to an aromatic ring is 1. The zero-order chi connectivity index (χ0) is 23.5. The molecule has 14 heteroatoms. The highest BCUT2D eigenvalue weighted by Gasteiger charge is 2.38. The molecule has 3 aromatic rings. The maximum Gasteiger partial charge on any atom is 0.398 e. The molecule has 32 heavy (non-hydrogen) atoms. The second kappa shape index (κ2) is 9.65. The lowest BCUT2D eigenvalue weighted by atomic mass is 10.3. The van der Waals surface area contributed by atoms with Crippen LogP contribution in [0.4, 0.5) is 19.1 Å². The molecule has 3 N–H and O–H groups in total. The van der Waals surface area contributed by atoms with Gasteiger partial charge in [0.25, 0.3) is 0 Å². The van der Waals surface area contributed by atoms with Crippen molar-refractivity contribution in [3.05, 3.63) is 30.6 Å². The molecule has 2 heterocycles. The summed E-state index contributed by atoms with van der Waals surface area (Å²) in [6.45, 7) is 1.69. The molecule has 0 saturated carbocycles. The van der Waals surface area contributed by atoms with E-state index in [1.54, 1.807) is 18.6 Å². The van der Waals surface area contributed by atoms with Crippen molar-refractivity contribution in [2.24, 2.45) is 0 Å². The minimum absolute atomic E-state index is 0.0169. The average molecular weight is 491 g/mol. The lowest BCUT2D eigenvalue weighted by molar-refractivity contribution is -0.108. The van der Waals surface area contributed by atoms with E-state index in [1.165, 1.54) is 18.1 Å². The normalized spacial score (nSPS) is 14.9. The van der Waals surface area contributed by atoms with Crippen molar-refractivity contribution in [1.82, 2.24) is 19.5 Å². The van der Waals surface area contributed by atoms with Crippen molar-refractivity contribution in [2.75, 3.05) is 25.4 Å². The van der Waals surface area contributed by atoms with Crippen LogP contribution in [0.1, 0.15) is 6.92 Å². The Labute approximate surface area is 185 Å². The lowest BCUT2D eigenvalue weighted by Gasteiger charge is -2.18. The summed E-state index contributed by atoms with van der Waals surface area (Å²) < 4.78 is 60.9. The number of anilines is 1. The van der Waals surface area contributed by atoms with Crippen LogP contribution in [0.5, 0.6) is 5.75 Å². The van der Waals surface area contributed by atoms with E-state index in [2.05, 4.69) is 15.0 Å². The first kappa shape index (κ1) is 24.3. The predicted octanol–water partition coefficient (Wildman–Crippen LogP) is 3.76. The van der Waals surface area contributed by atoms with Crippen LogP contribution in [0.25, 0.3) is 11.2 Å². The van der Waals surface area contributed by atoms with Crippen molar-refractivity contribution in [2.45, 2.75) is 35.7 Å². The summed E-state index contributed by atoms with van der Waals surface area (Å²) in [6.07, 6.45) is -6.67. The molecule has 0 aliphatic carbocycles. The number of benzene rings is 1. The van der Waals surface area contributed by atoms with Crippen molar-refractivity contribution in [3.63, 3.8) is 0 Å². The summed E-state index contributed by atoms with van der Waals surface area (Å²) in [4.78, 5) is 23.1. The summed E-state index contributed by atoms with van der Waals surface area (Å²) in [6, 6.07) is 7.34. The smallest absolute Gasteiger partial charge is 0.398 e. The number of hydrogen-bond acceptors (Lipinski definition) is 8. The fraction of sp³-hybridized carbons (Fsp3) is 0.389. The minimum atomic E-state index is -4.75. The Hall–Kier alpha value is -2.34. The van der Waals surface area contributed by atoms with Crippen LogP contribution in [0, 0.1) is 0 Å². The van der Waals surface area contributed by atoms with E-state index in [9.17, 15) is 22.6 Å². The summed E-state index contributed by atoms with van der Waals surface area (Å²) in [5, 5.41) is 0.512. The molecule has 0 fully saturated rings. The summed E-state index contributed by atoms with van der Waals surface area (Å²) in [7, 11) is -2.93. The number of fused-ring (bicyclic) bond motifs is 1. The van der Waals surface area contributed by atoms with Crippen LogP contribution >= 0.6 is 19.1 Å². The first-order chi connectivity index (χ1) is 15.0. The molecular weight excluding hydrogens is 470 g/mol. The Morgan fingerprint density at radius 1 is 1.34 bits per heavy atom. The van der Waals surface area contributed by atoms with Gasteiger partial charge in [-0.05, 0) is 25.1 Å². The minimum Gasteiger partial charge on any atom is -0.497 e. The van der Waals surface area contributed by atoms with Gasteiger partial charge in [0.15, 0.2) is 5.65 Å². The highest BCUT2D eigenvalue weighted by atomic mass is 32.2. The van der Waals surface area contributed by atoms with Gasteiger partial charge >= 0.3 is 6.18 Å². The number of ether oxygens (including phenoxy) is 2. The Morgan fingerprint density at radius 2 is 2.09 bits per heavy atom. The van der Waals surface area contributed by atoms with Crippen LogP contribution in [0.15, 0.2) is 40.5 Å². The molecule has 174 valence electrons. The Kier molecular flexibility index (Phi) is 7.33. The van der Waals surface area contributed by atoms with Gasteiger partial charge in [-0.3, -0.25) is 4.57 Å². The molecule has 3 rings (SSSR count). The van der Waals surface area contributed by atoms with E-state index in [0.29, 0.717) is 21.9 Å². The lowest BCUT2D eigenvalue weighted by Crippen LogP contribution is -2.20. The number of aromatic nitrogens is 4. The molecule has 0 bridgehead atoms. The van der Waals surface area contributed by atoms with Gasteiger partial charge in [0.05, 0.1) is 26.1 Å². The van der Waals surface area contributed by atoms with Crippen LogP contribution < -0.4 is 10.5 Å². The third kappa shape index (κ3) is 6.58. The van der Waals surface area contributed by atoms with E-state index in [1.807, 2.05) is 24.3 Å². The van der Waals surface area contributed by atoms with Gasteiger partial charge in [0, 0.05) is 4.90 Å². The first-order valence-electron chi connectivity index (χ1n) is 9.25. The molecule has 9 nitrogen and oxygen atoms in total. The number of imidazole rings is 1. The van der Waals surface area contributed by atoms with Crippen LogP contribution in [-0.4, -0.2) is 56.3 Å². The second-order valence-corrected chi connectivity index (χ2v) is 10.3. The Morgan fingerprint density at radius 3 is 2.78 bits per heavy atom. The monoisotopic (exact) mass is 491 g/mol. The number of nitrogens with two attached hydrogens (primary N) is 1. The molecule has 0 spiro atoms. The molecule has 0 aliphatic rings. The fourth-order valence-electron chi connectivity index (χ4n) is 2.81. The van der Waals surface area contributed by atoms with Crippen LogP contribution in [0.2, 0.25) is 0 Å². The maximum atomic E-state index is 12.4. The third-order valence-electron chi connectivity index (χ3n) is 4.15. The van der Waals surface area contributed by atoms with Gasteiger partial charge in [-0.15, -0.1) is 0 Å². The largest absolute Gasteiger partial charge is 0.497 e. The van der Waals surface area contributed by atoms with E-state index < -0.39 is 32.2 Å². The zero-order valence-corrected chi connectivity index (χ0v) is 18.8. The molecule has 1 aromatic carbocycles. The second-order valence-electron chi connectivity index (χ2n) is 6.96. The summed E-state index contributed by atoms with van der Waals surface area (Å²) in [5.74, 6) is 0.694. The van der Waals surface area contributed by atoms with Crippen molar-refractivity contribution in [3.8, 4) is 5.75 Å². The number of alkyl halides is 3. The molecule has 2 unspecified atom stereocenters. The van der Waals surface area contributed by atoms with E-state index in [-0.39, 0.29) is 12.5 Å². The van der Waals surface area contributed by atoms with Gasteiger partial charge in [-0.1, -0.05) is 17.8 Å². The Bertz CT molecular complexity index is 1140. The zero-order valence-electron chi connectivity index (χ0n) is 17.1. The molecule has 0 radical (unpaired) electrons. The van der Waals surface area contributed by atoms with E-state index in [4.69, 9.17) is 15.2 Å². The van der Waals surface area contributed by atoms with Gasteiger partial charge in [-0.25, -0.2) is 9.97 Å².